The normalized spacial score (nSPS) is 12.1. The maximum absolute atomic E-state index is 11.6. The molecule has 8 heteroatoms. The number of hydrogen-bond donors (Lipinski definition) is 1. The Morgan fingerprint density at radius 2 is 1.39 bits per heavy atom. The average Bonchev–Trinajstić information content (AvgIpc) is 2.72. The lowest BCUT2D eigenvalue weighted by molar-refractivity contribution is -0.132. The molecule has 1 N–H and O–H groups in total. The Labute approximate surface area is 202 Å². The molecule has 1 aromatic rings. The number of carboxylic acid groups (broad SMARTS) is 1. The monoisotopic (exact) mass is 508 g/mol. The van der Waals surface area contributed by atoms with E-state index < -0.39 is 12.0 Å². The third-order valence-corrected chi connectivity index (χ3v) is 7.80. The van der Waals surface area contributed by atoms with Gasteiger partial charge in [0, 0.05) is 5.57 Å². The van der Waals surface area contributed by atoms with Crippen molar-refractivity contribution in [3.8, 4) is 11.5 Å². The van der Waals surface area contributed by atoms with Gasteiger partial charge in [-0.3, -0.25) is 0 Å². The molecule has 0 aromatic heterocycles. The van der Waals surface area contributed by atoms with E-state index in [4.69, 9.17) is 42.7 Å². The number of carbonyl (C=O) groups is 1. The minimum absolute atomic E-state index is 0.421. The predicted molar refractivity (Wildman–Crippen MR) is 134 cm³/mol. The second-order valence-electron chi connectivity index (χ2n) is 7.74. The van der Waals surface area contributed by atoms with Gasteiger partial charge in [-0.25, -0.2) is 4.79 Å². The zero-order valence-electron chi connectivity index (χ0n) is 18.6. The molecule has 31 heavy (non-hydrogen) atoms. The van der Waals surface area contributed by atoms with Crippen LogP contribution < -0.4 is 9.47 Å². The smallest absolute Gasteiger partial charge is 0.341 e. The SMILES string of the molecule is COc1ccc(/C=C(\CCCCCCCCCCCC[Si](Cl)(Cl)Cl)C(=O)O)cc1OC. The summed E-state index contributed by atoms with van der Waals surface area (Å²) >= 11 is 17.6. The molecule has 0 saturated heterocycles. The molecule has 0 aliphatic heterocycles. The molecule has 1 rings (SSSR count). The lowest BCUT2D eigenvalue weighted by atomic mass is 10.0. The van der Waals surface area contributed by atoms with Crippen molar-refractivity contribution < 1.29 is 19.4 Å². The standard InChI is InChI=1S/C23H35Cl3O4Si/c1-29-21-15-14-19(18-22(21)30-2)17-20(23(27)28)13-11-9-7-5-3-4-6-8-10-12-16-31(24,25)26/h14-15,17-18H,3-13,16H2,1-2H3,(H,27,28)/b20-17+. The fourth-order valence-corrected chi connectivity index (χ4v) is 5.29. The fourth-order valence-electron chi connectivity index (χ4n) is 3.44. The van der Waals surface area contributed by atoms with Crippen LogP contribution in [-0.2, 0) is 4.79 Å². The van der Waals surface area contributed by atoms with Crippen molar-refractivity contribution in [3.05, 3.63) is 29.3 Å². The van der Waals surface area contributed by atoms with Crippen LogP contribution in [0.5, 0.6) is 11.5 Å². The minimum Gasteiger partial charge on any atom is -0.493 e. The van der Waals surface area contributed by atoms with E-state index >= 15 is 0 Å². The van der Waals surface area contributed by atoms with Gasteiger partial charge in [-0.1, -0.05) is 63.9 Å². The molecular formula is C23H35Cl3O4Si. The first-order chi connectivity index (χ1) is 14.8. The summed E-state index contributed by atoms with van der Waals surface area (Å²) < 4.78 is 10.5. The number of ether oxygens (including phenoxy) is 2. The van der Waals surface area contributed by atoms with Gasteiger partial charge < -0.3 is 14.6 Å². The molecule has 0 saturated carbocycles. The van der Waals surface area contributed by atoms with Gasteiger partial charge in [-0.15, -0.1) is 33.2 Å². The zero-order valence-corrected chi connectivity index (χ0v) is 21.9. The maximum Gasteiger partial charge on any atom is 0.341 e. The Bertz CT molecular complexity index is 690. The van der Waals surface area contributed by atoms with Crippen LogP contribution in [-0.4, -0.2) is 31.3 Å². The van der Waals surface area contributed by atoms with E-state index in [1.54, 1.807) is 32.4 Å². The molecule has 0 aliphatic carbocycles. The Kier molecular flexibility index (Phi) is 14.4. The van der Waals surface area contributed by atoms with E-state index in [-0.39, 0.29) is 0 Å². The minimum atomic E-state index is -2.43. The average molecular weight is 510 g/mol. The van der Waals surface area contributed by atoms with Gasteiger partial charge in [0.2, 0.25) is 0 Å². The largest absolute Gasteiger partial charge is 0.493 e. The second-order valence-corrected chi connectivity index (χ2v) is 17.0. The summed E-state index contributed by atoms with van der Waals surface area (Å²) in [6, 6.07) is 3.74. The van der Waals surface area contributed by atoms with Gasteiger partial charge in [0.05, 0.1) is 14.2 Å². The molecule has 4 nitrogen and oxygen atoms in total. The zero-order chi connectivity index (χ0) is 23.1. The van der Waals surface area contributed by atoms with Crippen molar-refractivity contribution in [2.24, 2.45) is 0 Å². The summed E-state index contributed by atoms with van der Waals surface area (Å²) in [7, 11) is 3.14. The van der Waals surface area contributed by atoms with Gasteiger partial charge >= 0.3 is 12.0 Å². The van der Waals surface area contributed by atoms with E-state index in [1.165, 1.54) is 32.1 Å². The van der Waals surface area contributed by atoms with E-state index in [0.717, 1.165) is 43.7 Å². The number of aliphatic carboxylic acids is 1. The van der Waals surface area contributed by atoms with Crippen LogP contribution in [0.1, 0.15) is 76.2 Å². The highest BCUT2D eigenvalue weighted by atomic mass is 35.8. The molecule has 0 radical (unpaired) electrons. The predicted octanol–water partition coefficient (Wildman–Crippen LogP) is 8.12. The molecule has 0 atom stereocenters. The Morgan fingerprint density at radius 1 is 0.871 bits per heavy atom. The highest BCUT2D eigenvalue weighted by Crippen LogP contribution is 2.29. The van der Waals surface area contributed by atoms with Crippen LogP contribution in [0.4, 0.5) is 0 Å². The van der Waals surface area contributed by atoms with Gasteiger partial charge in [0.25, 0.3) is 0 Å². The number of hydrogen-bond acceptors (Lipinski definition) is 3. The van der Waals surface area contributed by atoms with E-state index in [2.05, 4.69) is 0 Å². The number of benzene rings is 1. The fraction of sp³-hybridized carbons (Fsp3) is 0.609. The molecule has 1 aromatic carbocycles. The third-order valence-electron chi connectivity index (χ3n) is 5.18. The number of rotatable bonds is 17. The summed E-state index contributed by atoms with van der Waals surface area (Å²) in [5.41, 5.74) is 1.22. The van der Waals surface area contributed by atoms with Gasteiger partial charge in [0.1, 0.15) is 0 Å². The number of carboxylic acids is 1. The summed E-state index contributed by atoms with van der Waals surface area (Å²) in [5, 5.41) is 9.52. The van der Waals surface area contributed by atoms with E-state index in [9.17, 15) is 9.90 Å². The number of halogens is 3. The molecule has 0 spiro atoms. The summed E-state index contributed by atoms with van der Waals surface area (Å²) in [6.07, 6.45) is 13.6. The van der Waals surface area contributed by atoms with Crippen molar-refractivity contribution in [3.63, 3.8) is 0 Å². The van der Waals surface area contributed by atoms with Crippen LogP contribution in [0.3, 0.4) is 0 Å². The molecule has 176 valence electrons. The van der Waals surface area contributed by atoms with Crippen LogP contribution in [0.2, 0.25) is 6.04 Å². The Balaban J connectivity index is 2.23. The molecule has 0 fully saturated rings. The third kappa shape index (κ3) is 13.3. The molecule has 0 unspecified atom stereocenters. The second kappa shape index (κ2) is 15.8. The van der Waals surface area contributed by atoms with Crippen molar-refractivity contribution in [1.29, 1.82) is 0 Å². The van der Waals surface area contributed by atoms with Crippen LogP contribution in [0.25, 0.3) is 6.08 Å². The van der Waals surface area contributed by atoms with E-state index in [0.29, 0.717) is 23.5 Å². The van der Waals surface area contributed by atoms with Crippen molar-refractivity contribution in [2.75, 3.05) is 14.2 Å². The summed E-state index contributed by atoms with van der Waals surface area (Å²) in [4.78, 5) is 11.6. The molecule has 0 amide bonds. The Hall–Kier alpha value is -0.883. The van der Waals surface area contributed by atoms with Gasteiger partial charge in [-0.05, 0) is 42.7 Å². The quantitative estimate of drug-likeness (QED) is 0.0996. The lowest BCUT2D eigenvalue weighted by Gasteiger charge is -2.09. The molecular weight excluding hydrogens is 475 g/mol. The number of methoxy groups -OCH3 is 2. The Morgan fingerprint density at radius 3 is 1.87 bits per heavy atom. The van der Waals surface area contributed by atoms with Crippen LogP contribution >= 0.6 is 33.2 Å². The van der Waals surface area contributed by atoms with Gasteiger partial charge in [-0.2, -0.15) is 0 Å². The topological polar surface area (TPSA) is 55.8 Å². The lowest BCUT2D eigenvalue weighted by Crippen LogP contribution is -2.07. The summed E-state index contributed by atoms with van der Waals surface area (Å²) in [6.45, 7) is 0. The molecule has 0 aliphatic rings. The highest BCUT2D eigenvalue weighted by Gasteiger charge is 2.23. The van der Waals surface area contributed by atoms with Crippen molar-refractivity contribution >= 4 is 51.3 Å². The first-order valence-corrected chi connectivity index (χ1v) is 16.2. The van der Waals surface area contributed by atoms with Crippen LogP contribution in [0, 0.1) is 0 Å². The summed E-state index contributed by atoms with van der Waals surface area (Å²) in [5.74, 6) is 0.348. The maximum atomic E-state index is 11.6. The first kappa shape index (κ1) is 28.2. The van der Waals surface area contributed by atoms with Crippen molar-refractivity contribution in [2.45, 2.75) is 76.7 Å². The van der Waals surface area contributed by atoms with Gasteiger partial charge in [0.15, 0.2) is 11.5 Å². The molecule has 0 heterocycles. The van der Waals surface area contributed by atoms with Crippen molar-refractivity contribution in [1.82, 2.24) is 0 Å². The van der Waals surface area contributed by atoms with Crippen LogP contribution in [0.15, 0.2) is 23.8 Å². The first-order valence-electron chi connectivity index (χ1n) is 11.0. The van der Waals surface area contributed by atoms with E-state index in [1.807, 2.05) is 6.07 Å². The highest BCUT2D eigenvalue weighted by molar-refractivity contribution is 7.64. The molecule has 0 bridgehead atoms. The number of unbranched alkanes of at least 4 members (excludes halogenated alkanes) is 9.